The van der Waals surface area contributed by atoms with E-state index in [9.17, 15) is 20.1 Å². The first kappa shape index (κ1) is 29.4. The van der Waals surface area contributed by atoms with Crippen molar-refractivity contribution in [2.75, 3.05) is 45.9 Å². The molecule has 40 heavy (non-hydrogen) atoms. The minimum absolute atomic E-state index is 0.0628. The highest BCUT2D eigenvalue weighted by molar-refractivity contribution is 7.97. The topological polar surface area (TPSA) is 151 Å². The molecule has 0 spiro atoms. The SMILES string of the molecule is CCCc1c(/C=N/O)c(CC)c2c(=O)[nH]c(-c3cc(SN4CCN(CCO[N+](=O)[O-])CC4)ccc3OCC)nn12. The van der Waals surface area contributed by atoms with Crippen molar-refractivity contribution >= 4 is 23.7 Å². The molecule has 0 atom stereocenters. The average Bonchev–Trinajstić information content (AvgIpc) is 3.23. The predicted octanol–water partition coefficient (Wildman–Crippen LogP) is 3.24. The Labute approximate surface area is 236 Å². The van der Waals surface area contributed by atoms with Gasteiger partial charge in [0.25, 0.3) is 10.6 Å². The monoisotopic (exact) mass is 573 g/mol. The molecule has 3 aromatic rings. The number of ether oxygens (including phenoxy) is 1. The maximum Gasteiger partial charge on any atom is 0.294 e. The number of aryl methyl sites for hydroxylation is 2. The summed E-state index contributed by atoms with van der Waals surface area (Å²) >= 11 is 1.61. The summed E-state index contributed by atoms with van der Waals surface area (Å²) in [7, 11) is 0. The van der Waals surface area contributed by atoms with Crippen LogP contribution < -0.4 is 10.3 Å². The van der Waals surface area contributed by atoms with Gasteiger partial charge < -0.3 is 19.8 Å². The van der Waals surface area contributed by atoms with Crippen LogP contribution in [0.2, 0.25) is 0 Å². The van der Waals surface area contributed by atoms with Crippen molar-refractivity contribution < 1.29 is 19.9 Å². The first-order chi connectivity index (χ1) is 19.4. The van der Waals surface area contributed by atoms with E-state index in [1.807, 2.05) is 39.0 Å². The number of aromatic amines is 1. The van der Waals surface area contributed by atoms with Gasteiger partial charge in [-0.25, -0.2) is 8.82 Å². The van der Waals surface area contributed by atoms with Crippen LogP contribution in [0.25, 0.3) is 16.9 Å². The fourth-order valence-corrected chi connectivity index (χ4v) is 5.89. The molecule has 1 aliphatic rings. The summed E-state index contributed by atoms with van der Waals surface area (Å²) < 4.78 is 9.83. The molecule has 0 saturated carbocycles. The van der Waals surface area contributed by atoms with E-state index >= 15 is 0 Å². The number of oxime groups is 1. The lowest BCUT2D eigenvalue weighted by molar-refractivity contribution is -0.757. The molecular weight excluding hydrogens is 538 g/mol. The third-order valence-corrected chi connectivity index (χ3v) is 7.83. The smallest absolute Gasteiger partial charge is 0.294 e. The number of aromatic nitrogens is 3. The van der Waals surface area contributed by atoms with Crippen LogP contribution in [-0.2, 0) is 17.7 Å². The molecule has 0 unspecified atom stereocenters. The van der Waals surface area contributed by atoms with Crippen molar-refractivity contribution in [2.45, 2.75) is 44.9 Å². The van der Waals surface area contributed by atoms with E-state index in [0.717, 1.165) is 54.3 Å². The van der Waals surface area contributed by atoms with E-state index in [2.05, 4.69) is 24.2 Å². The number of rotatable bonds is 13. The predicted molar refractivity (Wildman–Crippen MR) is 152 cm³/mol. The van der Waals surface area contributed by atoms with E-state index in [0.29, 0.717) is 48.6 Å². The van der Waals surface area contributed by atoms with E-state index in [1.54, 1.807) is 16.5 Å². The van der Waals surface area contributed by atoms with E-state index in [4.69, 9.17) is 9.84 Å². The Kier molecular flexibility index (Phi) is 10.0. The number of hydrogen-bond acceptors (Lipinski definition) is 11. The summed E-state index contributed by atoms with van der Waals surface area (Å²) in [5.41, 5.74) is 3.20. The van der Waals surface area contributed by atoms with Crippen LogP contribution >= 0.6 is 11.9 Å². The number of nitrogens with zero attached hydrogens (tertiary/aromatic N) is 6. The minimum Gasteiger partial charge on any atom is -0.493 e. The molecule has 0 bridgehead atoms. The second kappa shape index (κ2) is 13.6. The summed E-state index contributed by atoms with van der Waals surface area (Å²) in [4.78, 5) is 34.3. The van der Waals surface area contributed by atoms with Gasteiger partial charge in [-0.3, -0.25) is 9.69 Å². The summed E-state index contributed by atoms with van der Waals surface area (Å²) in [6, 6.07) is 5.84. The highest BCUT2D eigenvalue weighted by atomic mass is 32.2. The van der Waals surface area contributed by atoms with Gasteiger partial charge in [-0.1, -0.05) is 25.4 Å². The van der Waals surface area contributed by atoms with Gasteiger partial charge in [-0.15, -0.1) is 15.2 Å². The van der Waals surface area contributed by atoms with Crippen LogP contribution in [0.5, 0.6) is 5.75 Å². The van der Waals surface area contributed by atoms with Gasteiger partial charge in [0.15, 0.2) is 5.82 Å². The molecule has 4 rings (SSSR count). The molecule has 13 nitrogen and oxygen atoms in total. The van der Waals surface area contributed by atoms with Crippen LogP contribution in [-0.4, -0.2) is 86.2 Å². The summed E-state index contributed by atoms with van der Waals surface area (Å²) in [5, 5.41) is 27.0. The van der Waals surface area contributed by atoms with Gasteiger partial charge in [-0.2, -0.15) is 0 Å². The molecule has 216 valence electrons. The molecule has 2 aromatic heterocycles. The first-order valence-corrected chi connectivity index (χ1v) is 14.2. The Morgan fingerprint density at radius 1 is 1.25 bits per heavy atom. The lowest BCUT2D eigenvalue weighted by Gasteiger charge is -2.33. The standard InChI is InChI=1S/C26H35N7O6S/c1-4-7-22-21(17-27-35)19(5-2)24-26(34)28-25(29-32(22)24)20-16-18(8-9-23(20)38-6-3)40-31-12-10-30(11-13-31)14-15-39-33(36)37/h8-9,16-17,35H,4-7,10-15H2,1-3H3,(H,28,29,34)/b27-17+. The minimum atomic E-state index is -0.763. The van der Waals surface area contributed by atoms with E-state index in [1.165, 1.54) is 6.21 Å². The van der Waals surface area contributed by atoms with Crippen molar-refractivity contribution in [1.82, 2.24) is 23.8 Å². The molecule has 1 aromatic carbocycles. The Bertz CT molecular complexity index is 1410. The van der Waals surface area contributed by atoms with Crippen LogP contribution in [0.1, 0.15) is 44.0 Å². The molecule has 2 N–H and O–H groups in total. The van der Waals surface area contributed by atoms with Gasteiger partial charge in [0.05, 0.1) is 24.1 Å². The number of fused-ring (bicyclic) bond motifs is 1. The number of hydrogen-bond donors (Lipinski definition) is 2. The number of H-pyrrole nitrogens is 1. The number of nitrogens with one attached hydrogen (secondary N) is 1. The zero-order valence-corrected chi connectivity index (χ0v) is 23.8. The zero-order chi connectivity index (χ0) is 28.6. The quantitative estimate of drug-likeness (QED) is 0.103. The Hall–Kier alpha value is -3.62. The van der Waals surface area contributed by atoms with Crippen molar-refractivity contribution in [1.29, 1.82) is 0 Å². The molecule has 0 radical (unpaired) electrons. The molecule has 0 aliphatic carbocycles. The van der Waals surface area contributed by atoms with Crippen molar-refractivity contribution in [3.63, 3.8) is 0 Å². The molecule has 3 heterocycles. The highest BCUT2D eigenvalue weighted by Crippen LogP contribution is 2.34. The Balaban J connectivity index is 1.64. The summed E-state index contributed by atoms with van der Waals surface area (Å²) in [6.07, 6.45) is 3.47. The second-order valence-electron chi connectivity index (χ2n) is 9.26. The fraction of sp³-hybridized carbons (Fsp3) is 0.500. The normalized spacial score (nSPS) is 14.8. The Morgan fingerprint density at radius 3 is 2.67 bits per heavy atom. The van der Waals surface area contributed by atoms with Gasteiger partial charge in [0.2, 0.25) is 0 Å². The van der Waals surface area contributed by atoms with E-state index in [-0.39, 0.29) is 12.2 Å². The van der Waals surface area contributed by atoms with Gasteiger partial charge >= 0.3 is 0 Å². The average molecular weight is 574 g/mol. The molecule has 1 aliphatic heterocycles. The van der Waals surface area contributed by atoms with Crippen LogP contribution in [0.15, 0.2) is 33.0 Å². The van der Waals surface area contributed by atoms with Crippen LogP contribution in [0.3, 0.4) is 0 Å². The fourth-order valence-electron chi connectivity index (χ4n) is 4.95. The van der Waals surface area contributed by atoms with Crippen LogP contribution in [0, 0.1) is 10.1 Å². The molecular formula is C26H35N7O6S. The number of benzene rings is 1. The third-order valence-electron chi connectivity index (χ3n) is 6.74. The van der Waals surface area contributed by atoms with Gasteiger partial charge in [0, 0.05) is 43.2 Å². The molecule has 1 saturated heterocycles. The lowest BCUT2D eigenvalue weighted by atomic mass is 10.1. The highest BCUT2D eigenvalue weighted by Gasteiger charge is 2.23. The largest absolute Gasteiger partial charge is 0.493 e. The van der Waals surface area contributed by atoms with E-state index < -0.39 is 5.09 Å². The third kappa shape index (κ3) is 6.57. The molecule has 0 amide bonds. The maximum atomic E-state index is 13.4. The summed E-state index contributed by atoms with van der Waals surface area (Å²) in [5.74, 6) is 1.00. The molecule has 14 heteroatoms. The number of piperazine rings is 1. The zero-order valence-electron chi connectivity index (χ0n) is 23.0. The van der Waals surface area contributed by atoms with Crippen molar-refractivity contribution in [2.24, 2.45) is 5.16 Å². The molecule has 1 fully saturated rings. The van der Waals surface area contributed by atoms with Crippen LogP contribution in [0.4, 0.5) is 0 Å². The van der Waals surface area contributed by atoms with Crippen molar-refractivity contribution in [3.05, 3.63) is 55.5 Å². The Morgan fingerprint density at radius 2 is 2.02 bits per heavy atom. The lowest BCUT2D eigenvalue weighted by Crippen LogP contribution is -2.44. The van der Waals surface area contributed by atoms with Crippen molar-refractivity contribution in [3.8, 4) is 17.1 Å². The summed E-state index contributed by atoms with van der Waals surface area (Å²) in [6.45, 7) is 10.1. The first-order valence-electron chi connectivity index (χ1n) is 13.4. The second-order valence-corrected chi connectivity index (χ2v) is 10.4. The van der Waals surface area contributed by atoms with Gasteiger partial charge in [0.1, 0.15) is 17.9 Å². The maximum absolute atomic E-state index is 13.4. The van der Waals surface area contributed by atoms with Gasteiger partial charge in [-0.05, 0) is 55.5 Å².